The van der Waals surface area contributed by atoms with Crippen LogP contribution < -0.4 is 10.1 Å². The van der Waals surface area contributed by atoms with E-state index in [9.17, 15) is 14.4 Å². The van der Waals surface area contributed by atoms with Gasteiger partial charge in [0.05, 0.1) is 12.7 Å². The van der Waals surface area contributed by atoms with Gasteiger partial charge in [-0.2, -0.15) is 0 Å². The Morgan fingerprint density at radius 2 is 2.19 bits per heavy atom. The SMILES string of the molecule is COc1cc(Cl)ccc1C(=O)N1CC(=O)NCC1C(=O)O. The van der Waals surface area contributed by atoms with Crippen molar-refractivity contribution in [2.75, 3.05) is 20.2 Å². The largest absolute Gasteiger partial charge is 0.496 e. The molecule has 1 aliphatic heterocycles. The number of nitrogens with one attached hydrogen (secondary N) is 1. The van der Waals surface area contributed by atoms with Crippen molar-refractivity contribution in [1.29, 1.82) is 0 Å². The third-order valence-electron chi connectivity index (χ3n) is 3.12. The molecular weight excluding hydrogens is 300 g/mol. The Morgan fingerprint density at radius 1 is 1.48 bits per heavy atom. The van der Waals surface area contributed by atoms with E-state index < -0.39 is 23.8 Å². The van der Waals surface area contributed by atoms with E-state index in [0.717, 1.165) is 4.90 Å². The Labute approximate surface area is 125 Å². The number of benzene rings is 1. The predicted molar refractivity (Wildman–Crippen MR) is 73.5 cm³/mol. The molecule has 0 spiro atoms. The summed E-state index contributed by atoms with van der Waals surface area (Å²) in [6.07, 6.45) is 0. The molecule has 0 radical (unpaired) electrons. The number of methoxy groups -OCH3 is 1. The molecule has 2 rings (SSSR count). The highest BCUT2D eigenvalue weighted by atomic mass is 35.5. The molecule has 0 bridgehead atoms. The highest BCUT2D eigenvalue weighted by Gasteiger charge is 2.36. The lowest BCUT2D eigenvalue weighted by Crippen LogP contribution is -2.59. The second-order valence-corrected chi connectivity index (χ2v) is 4.87. The molecule has 1 aromatic carbocycles. The summed E-state index contributed by atoms with van der Waals surface area (Å²) in [5, 5.41) is 12.0. The predicted octanol–water partition coefficient (Wildman–Crippen LogP) is 0.374. The quantitative estimate of drug-likeness (QED) is 0.841. The van der Waals surface area contributed by atoms with Gasteiger partial charge in [-0.1, -0.05) is 11.6 Å². The molecule has 0 saturated carbocycles. The average Bonchev–Trinajstić information content (AvgIpc) is 2.45. The lowest BCUT2D eigenvalue weighted by atomic mass is 10.1. The molecule has 0 aromatic heterocycles. The van der Waals surface area contributed by atoms with Crippen LogP contribution in [0.25, 0.3) is 0 Å². The second kappa shape index (κ2) is 6.01. The number of carboxylic acid groups (broad SMARTS) is 1. The van der Waals surface area contributed by atoms with E-state index in [0.29, 0.717) is 5.02 Å². The van der Waals surface area contributed by atoms with Crippen LogP contribution in [0.3, 0.4) is 0 Å². The van der Waals surface area contributed by atoms with E-state index >= 15 is 0 Å². The zero-order valence-corrected chi connectivity index (χ0v) is 11.9. The number of carbonyl (C=O) groups excluding carboxylic acids is 2. The van der Waals surface area contributed by atoms with Gasteiger partial charge in [0.1, 0.15) is 18.3 Å². The fourth-order valence-corrected chi connectivity index (χ4v) is 2.23. The van der Waals surface area contributed by atoms with E-state index in [2.05, 4.69) is 5.32 Å². The average molecular weight is 313 g/mol. The summed E-state index contributed by atoms with van der Waals surface area (Å²) in [6.45, 7) is -0.447. The first kappa shape index (κ1) is 15.1. The molecule has 2 amide bonds. The van der Waals surface area contributed by atoms with E-state index in [1.54, 1.807) is 0 Å². The summed E-state index contributed by atoms with van der Waals surface area (Å²) < 4.78 is 5.08. The lowest BCUT2D eigenvalue weighted by molar-refractivity contribution is -0.144. The van der Waals surface area contributed by atoms with Crippen LogP contribution in [0.15, 0.2) is 18.2 Å². The second-order valence-electron chi connectivity index (χ2n) is 4.44. The molecule has 1 aliphatic rings. The zero-order chi connectivity index (χ0) is 15.6. The number of hydrogen-bond donors (Lipinski definition) is 2. The summed E-state index contributed by atoms with van der Waals surface area (Å²) in [5.41, 5.74) is 0.155. The molecule has 1 atom stereocenters. The van der Waals surface area contributed by atoms with Gasteiger partial charge in [0.2, 0.25) is 5.91 Å². The number of hydrogen-bond acceptors (Lipinski definition) is 4. The number of carboxylic acids is 1. The minimum atomic E-state index is -1.18. The van der Waals surface area contributed by atoms with Crippen molar-refractivity contribution in [3.05, 3.63) is 28.8 Å². The summed E-state index contributed by atoms with van der Waals surface area (Å²) in [5.74, 6) is -1.96. The molecule has 1 saturated heterocycles. The third kappa shape index (κ3) is 3.08. The highest BCUT2D eigenvalue weighted by Crippen LogP contribution is 2.25. The first-order valence-corrected chi connectivity index (χ1v) is 6.46. The number of aliphatic carboxylic acids is 1. The van der Waals surface area contributed by atoms with Gasteiger partial charge >= 0.3 is 5.97 Å². The number of halogens is 1. The molecule has 1 aromatic rings. The summed E-state index contributed by atoms with van der Waals surface area (Å²) in [6, 6.07) is 3.27. The molecule has 7 nitrogen and oxygen atoms in total. The van der Waals surface area contributed by atoms with Crippen molar-refractivity contribution in [3.63, 3.8) is 0 Å². The number of rotatable bonds is 3. The standard InChI is InChI=1S/C13H13ClN2O5/c1-21-10-4-7(14)2-3-8(10)12(18)16-6-11(17)15-5-9(16)13(19)20/h2-4,9H,5-6H2,1H3,(H,15,17)(H,19,20). The van der Waals surface area contributed by atoms with E-state index in [1.807, 2.05) is 0 Å². The minimum absolute atomic E-state index is 0.129. The lowest BCUT2D eigenvalue weighted by Gasteiger charge is -2.33. The fourth-order valence-electron chi connectivity index (χ4n) is 2.07. The van der Waals surface area contributed by atoms with E-state index in [4.69, 9.17) is 21.4 Å². The Kier molecular flexibility index (Phi) is 4.32. The van der Waals surface area contributed by atoms with Crippen molar-refractivity contribution < 1.29 is 24.2 Å². The van der Waals surface area contributed by atoms with Crippen LogP contribution in [-0.2, 0) is 9.59 Å². The van der Waals surface area contributed by atoms with Crippen molar-refractivity contribution in [3.8, 4) is 5.75 Å². The summed E-state index contributed by atoms with van der Waals surface area (Å²) in [4.78, 5) is 36.2. The van der Waals surface area contributed by atoms with Gasteiger partial charge in [0.25, 0.3) is 5.91 Å². The van der Waals surface area contributed by atoms with Crippen LogP contribution in [0.1, 0.15) is 10.4 Å². The number of piperazine rings is 1. The van der Waals surface area contributed by atoms with Gasteiger partial charge in [-0.25, -0.2) is 4.79 Å². The zero-order valence-electron chi connectivity index (χ0n) is 11.1. The monoisotopic (exact) mass is 312 g/mol. The van der Waals surface area contributed by atoms with Crippen molar-refractivity contribution >= 4 is 29.4 Å². The van der Waals surface area contributed by atoms with Crippen LogP contribution in [0, 0.1) is 0 Å². The van der Waals surface area contributed by atoms with Crippen molar-refractivity contribution in [2.24, 2.45) is 0 Å². The van der Waals surface area contributed by atoms with Gasteiger partial charge in [0, 0.05) is 11.6 Å². The molecule has 0 aliphatic carbocycles. The van der Waals surface area contributed by atoms with Gasteiger partial charge in [-0.15, -0.1) is 0 Å². The maximum Gasteiger partial charge on any atom is 0.328 e. The molecular formula is C13H13ClN2O5. The van der Waals surface area contributed by atoms with Gasteiger partial charge in [-0.3, -0.25) is 9.59 Å². The van der Waals surface area contributed by atoms with Crippen LogP contribution in [0.4, 0.5) is 0 Å². The number of ether oxygens (including phenoxy) is 1. The van der Waals surface area contributed by atoms with Gasteiger partial charge < -0.3 is 20.1 Å². The molecule has 1 unspecified atom stereocenters. The van der Waals surface area contributed by atoms with Crippen LogP contribution in [0.5, 0.6) is 5.75 Å². The van der Waals surface area contributed by atoms with Gasteiger partial charge in [-0.05, 0) is 18.2 Å². The third-order valence-corrected chi connectivity index (χ3v) is 3.36. The van der Waals surface area contributed by atoms with Crippen LogP contribution in [0.2, 0.25) is 5.02 Å². The first-order valence-electron chi connectivity index (χ1n) is 6.08. The van der Waals surface area contributed by atoms with E-state index in [1.165, 1.54) is 25.3 Å². The number of amides is 2. The molecule has 1 fully saturated rings. The van der Waals surface area contributed by atoms with Crippen LogP contribution in [-0.4, -0.2) is 54.0 Å². The molecule has 2 N–H and O–H groups in total. The number of nitrogens with zero attached hydrogens (tertiary/aromatic N) is 1. The summed E-state index contributed by atoms with van der Waals surface area (Å²) >= 11 is 5.83. The maximum absolute atomic E-state index is 12.5. The normalized spacial score (nSPS) is 18.1. The Bertz CT molecular complexity index is 604. The molecule has 8 heteroatoms. The smallest absolute Gasteiger partial charge is 0.328 e. The van der Waals surface area contributed by atoms with E-state index in [-0.39, 0.29) is 24.4 Å². The van der Waals surface area contributed by atoms with Crippen molar-refractivity contribution in [2.45, 2.75) is 6.04 Å². The van der Waals surface area contributed by atoms with Crippen molar-refractivity contribution in [1.82, 2.24) is 10.2 Å². The molecule has 112 valence electrons. The minimum Gasteiger partial charge on any atom is -0.496 e. The molecule has 1 heterocycles. The maximum atomic E-state index is 12.5. The highest BCUT2D eigenvalue weighted by molar-refractivity contribution is 6.30. The topological polar surface area (TPSA) is 95.9 Å². The first-order chi connectivity index (χ1) is 9.93. The molecule has 21 heavy (non-hydrogen) atoms. The Morgan fingerprint density at radius 3 is 2.81 bits per heavy atom. The summed E-state index contributed by atoms with van der Waals surface area (Å²) in [7, 11) is 1.38. The fraction of sp³-hybridized carbons (Fsp3) is 0.308. The van der Waals surface area contributed by atoms with Crippen LogP contribution >= 0.6 is 11.6 Å². The Balaban J connectivity index is 2.36. The Hall–Kier alpha value is -2.28. The van der Waals surface area contributed by atoms with Gasteiger partial charge in [0.15, 0.2) is 0 Å². The number of carbonyl (C=O) groups is 3.